The number of halogens is 1. The Morgan fingerprint density at radius 2 is 2.10 bits per heavy atom. The minimum Gasteiger partial charge on any atom is -0.365 e. The summed E-state index contributed by atoms with van der Waals surface area (Å²) in [5.41, 5.74) is 2.01. The van der Waals surface area contributed by atoms with Crippen molar-refractivity contribution in [1.29, 1.82) is 0 Å². The van der Waals surface area contributed by atoms with Gasteiger partial charge in [0.1, 0.15) is 0 Å². The van der Waals surface area contributed by atoms with Gasteiger partial charge in [0.15, 0.2) is 0 Å². The predicted molar refractivity (Wildman–Crippen MR) is 85.3 cm³/mol. The molecule has 1 aromatic rings. The predicted octanol–water partition coefficient (Wildman–Crippen LogP) is 2.27. The number of nitrogens with one attached hydrogen (secondary N) is 2. The molecule has 0 saturated carbocycles. The Kier molecular flexibility index (Phi) is 6.82. The minimum absolute atomic E-state index is 0.0219. The van der Waals surface area contributed by atoms with Gasteiger partial charge in [0.2, 0.25) is 5.91 Å². The van der Waals surface area contributed by atoms with Gasteiger partial charge in [-0.15, -0.1) is 0 Å². The summed E-state index contributed by atoms with van der Waals surface area (Å²) >= 11 is 6.29. The van der Waals surface area contributed by atoms with Crippen LogP contribution in [-0.4, -0.2) is 33.1 Å². The van der Waals surface area contributed by atoms with Crippen LogP contribution in [0.15, 0.2) is 18.2 Å². The monoisotopic (exact) mass is 297 g/mol. The third-order valence-corrected chi connectivity index (χ3v) is 3.36. The van der Waals surface area contributed by atoms with Crippen molar-refractivity contribution in [1.82, 2.24) is 10.6 Å². The molecule has 5 heteroatoms. The Morgan fingerprint density at radius 1 is 1.40 bits per heavy atom. The van der Waals surface area contributed by atoms with Gasteiger partial charge in [0.25, 0.3) is 0 Å². The average Bonchev–Trinajstić information content (AvgIpc) is 2.39. The Hall–Kier alpha value is -1.26. The van der Waals surface area contributed by atoms with Crippen LogP contribution in [0.3, 0.4) is 0 Å². The second kappa shape index (κ2) is 8.12. The molecule has 0 fully saturated rings. The molecule has 0 aliphatic heterocycles. The van der Waals surface area contributed by atoms with E-state index in [1.54, 1.807) is 7.05 Å². The summed E-state index contributed by atoms with van der Waals surface area (Å²) in [7, 11) is 3.50. The number of hydrogen-bond acceptors (Lipinski definition) is 3. The van der Waals surface area contributed by atoms with Gasteiger partial charge in [-0.05, 0) is 30.2 Å². The number of anilines is 1. The Morgan fingerprint density at radius 3 is 2.65 bits per heavy atom. The zero-order chi connectivity index (χ0) is 15.1. The number of carbonyl (C=O) groups is 1. The van der Waals surface area contributed by atoms with Gasteiger partial charge in [0.05, 0.1) is 6.54 Å². The van der Waals surface area contributed by atoms with Crippen LogP contribution < -0.4 is 15.5 Å². The highest BCUT2D eigenvalue weighted by atomic mass is 35.5. The molecular weight excluding hydrogens is 274 g/mol. The fraction of sp³-hybridized carbons (Fsp3) is 0.533. The summed E-state index contributed by atoms with van der Waals surface area (Å²) in [6.45, 7) is 6.39. The van der Waals surface area contributed by atoms with E-state index in [0.717, 1.165) is 29.4 Å². The maximum absolute atomic E-state index is 11.4. The van der Waals surface area contributed by atoms with Crippen LogP contribution in [0, 0.1) is 5.92 Å². The fourth-order valence-corrected chi connectivity index (χ4v) is 2.04. The van der Waals surface area contributed by atoms with Crippen molar-refractivity contribution in [2.45, 2.75) is 20.4 Å². The molecule has 0 unspecified atom stereocenters. The molecular formula is C15H24ClN3O. The Bertz CT molecular complexity index is 449. The Labute approximate surface area is 126 Å². The van der Waals surface area contributed by atoms with Crippen molar-refractivity contribution in [3.8, 4) is 0 Å². The first kappa shape index (κ1) is 16.8. The largest absolute Gasteiger partial charge is 0.365 e. The highest BCUT2D eigenvalue weighted by Gasteiger charge is 2.08. The van der Waals surface area contributed by atoms with Gasteiger partial charge in [-0.2, -0.15) is 0 Å². The van der Waals surface area contributed by atoms with Crippen molar-refractivity contribution in [3.63, 3.8) is 0 Å². The van der Waals surface area contributed by atoms with Crippen LogP contribution in [0.25, 0.3) is 0 Å². The van der Waals surface area contributed by atoms with Crippen LogP contribution in [0.5, 0.6) is 0 Å². The third kappa shape index (κ3) is 5.39. The molecule has 0 bridgehead atoms. The summed E-state index contributed by atoms with van der Waals surface area (Å²) in [6.07, 6.45) is 0. The number of likely N-dealkylation sites (N-methyl/N-ethyl adjacent to an activating group) is 2. The number of hydrogen-bond donors (Lipinski definition) is 2. The zero-order valence-corrected chi connectivity index (χ0v) is 13.4. The van der Waals surface area contributed by atoms with E-state index in [0.29, 0.717) is 12.5 Å². The van der Waals surface area contributed by atoms with Gasteiger partial charge >= 0.3 is 0 Å². The molecule has 0 heterocycles. The van der Waals surface area contributed by atoms with Crippen molar-refractivity contribution >= 4 is 23.2 Å². The fourth-order valence-electron chi connectivity index (χ4n) is 1.80. The highest BCUT2D eigenvalue weighted by molar-refractivity contribution is 6.31. The van der Waals surface area contributed by atoms with Crippen LogP contribution in [0.4, 0.5) is 5.69 Å². The smallest absolute Gasteiger partial charge is 0.239 e. The van der Waals surface area contributed by atoms with E-state index in [-0.39, 0.29) is 5.91 Å². The van der Waals surface area contributed by atoms with Crippen LogP contribution in [0.2, 0.25) is 5.02 Å². The van der Waals surface area contributed by atoms with Gasteiger partial charge < -0.3 is 15.5 Å². The van der Waals surface area contributed by atoms with Gasteiger partial charge in [0, 0.05) is 31.4 Å². The first-order chi connectivity index (χ1) is 9.43. The lowest BCUT2D eigenvalue weighted by Crippen LogP contribution is -2.32. The second-order valence-electron chi connectivity index (χ2n) is 5.33. The molecule has 0 spiro atoms. The lowest BCUT2D eigenvalue weighted by molar-refractivity contribution is -0.119. The van der Waals surface area contributed by atoms with E-state index in [9.17, 15) is 4.79 Å². The molecule has 4 nitrogen and oxygen atoms in total. The second-order valence-corrected chi connectivity index (χ2v) is 5.74. The van der Waals surface area contributed by atoms with Crippen molar-refractivity contribution in [2.75, 3.05) is 32.1 Å². The summed E-state index contributed by atoms with van der Waals surface area (Å²) in [6, 6.07) is 5.89. The normalized spacial score (nSPS) is 10.7. The van der Waals surface area contributed by atoms with Crippen LogP contribution in [0.1, 0.15) is 19.4 Å². The van der Waals surface area contributed by atoms with Crippen molar-refractivity contribution < 1.29 is 4.79 Å². The molecule has 2 N–H and O–H groups in total. The minimum atomic E-state index is -0.0219. The molecule has 0 atom stereocenters. The molecule has 0 aliphatic carbocycles. The number of benzene rings is 1. The molecule has 20 heavy (non-hydrogen) atoms. The van der Waals surface area contributed by atoms with Gasteiger partial charge in [-0.1, -0.05) is 31.5 Å². The third-order valence-electron chi connectivity index (χ3n) is 3.01. The lowest BCUT2D eigenvalue weighted by atomic mass is 10.1. The molecule has 1 amide bonds. The van der Waals surface area contributed by atoms with Gasteiger partial charge in [-0.25, -0.2) is 0 Å². The van der Waals surface area contributed by atoms with E-state index in [1.165, 1.54) is 0 Å². The van der Waals surface area contributed by atoms with E-state index >= 15 is 0 Å². The van der Waals surface area contributed by atoms with Crippen LogP contribution in [-0.2, 0) is 11.3 Å². The number of nitrogens with zero attached hydrogens (tertiary/aromatic N) is 1. The first-order valence-corrected chi connectivity index (χ1v) is 7.22. The number of carbonyl (C=O) groups excluding carboxylic acids is 1. The average molecular weight is 298 g/mol. The molecule has 0 saturated heterocycles. The van der Waals surface area contributed by atoms with Crippen LogP contribution >= 0.6 is 11.6 Å². The van der Waals surface area contributed by atoms with Crippen molar-refractivity contribution in [2.24, 2.45) is 5.92 Å². The molecule has 0 aliphatic rings. The summed E-state index contributed by atoms with van der Waals surface area (Å²) in [5, 5.41) is 6.70. The highest BCUT2D eigenvalue weighted by Crippen LogP contribution is 2.23. The van der Waals surface area contributed by atoms with Crippen molar-refractivity contribution in [3.05, 3.63) is 28.8 Å². The lowest BCUT2D eigenvalue weighted by Gasteiger charge is -2.19. The molecule has 1 rings (SSSR count). The number of amides is 1. The summed E-state index contributed by atoms with van der Waals surface area (Å²) in [5.74, 6) is 0.595. The summed E-state index contributed by atoms with van der Waals surface area (Å²) < 4.78 is 0. The quantitative estimate of drug-likeness (QED) is 0.811. The van der Waals surface area contributed by atoms with Gasteiger partial charge in [-0.3, -0.25) is 4.79 Å². The van der Waals surface area contributed by atoms with E-state index < -0.39 is 0 Å². The molecule has 0 aromatic heterocycles. The maximum atomic E-state index is 11.4. The Balaban J connectivity index is 2.65. The number of rotatable bonds is 7. The first-order valence-electron chi connectivity index (χ1n) is 6.85. The molecule has 112 valence electrons. The topological polar surface area (TPSA) is 44.4 Å². The SMILES string of the molecule is CNC(=O)CN(C)c1ccc(CNCC(C)C)c(Cl)c1. The zero-order valence-electron chi connectivity index (χ0n) is 12.7. The van der Waals surface area contributed by atoms with E-state index in [1.807, 2.05) is 30.1 Å². The maximum Gasteiger partial charge on any atom is 0.239 e. The van der Waals surface area contributed by atoms with E-state index in [2.05, 4.69) is 24.5 Å². The summed E-state index contributed by atoms with van der Waals surface area (Å²) in [4.78, 5) is 13.2. The molecule has 0 radical (unpaired) electrons. The molecule has 1 aromatic carbocycles. The van der Waals surface area contributed by atoms with E-state index in [4.69, 9.17) is 11.6 Å². The standard InChI is InChI=1S/C15H24ClN3O/c1-11(2)8-18-9-12-5-6-13(7-14(12)16)19(4)10-15(20)17-3/h5-7,11,18H,8-10H2,1-4H3,(H,17,20).